The van der Waals surface area contributed by atoms with Crippen molar-refractivity contribution < 1.29 is 19.5 Å². The van der Waals surface area contributed by atoms with Gasteiger partial charge in [0.1, 0.15) is 4.88 Å². The molecule has 1 atom stereocenters. The molecule has 7 heteroatoms. The Hall–Kier alpha value is -1.73. The lowest BCUT2D eigenvalue weighted by Crippen LogP contribution is -2.56. The number of hydrogen-bond donors (Lipinski definition) is 2. The van der Waals surface area contributed by atoms with Gasteiger partial charge in [-0.3, -0.25) is 19.8 Å². The summed E-state index contributed by atoms with van der Waals surface area (Å²) in [5, 5.41) is 11.1. The quantitative estimate of drug-likeness (QED) is 0.770. The van der Waals surface area contributed by atoms with Crippen LogP contribution in [0.25, 0.3) is 0 Å². The third kappa shape index (κ3) is 2.57. The van der Waals surface area contributed by atoms with Crippen LogP contribution in [0.2, 0.25) is 0 Å². The fourth-order valence-electron chi connectivity index (χ4n) is 1.74. The Morgan fingerprint density at radius 3 is 2.89 bits per heavy atom. The maximum absolute atomic E-state index is 11.5. The number of amides is 2. The molecule has 1 aromatic rings. The molecule has 96 valence electrons. The standard InChI is InChI=1S/C11H12N2O4S/c1-6-10(15)12-9(14)5-13(6)4-7-2-3-8(18-7)11(16)17/h2-3,6H,4-5H2,1H3,(H,16,17)(H,12,14,15). The Morgan fingerprint density at radius 1 is 1.56 bits per heavy atom. The molecule has 0 radical (unpaired) electrons. The van der Waals surface area contributed by atoms with Gasteiger partial charge in [-0.05, 0) is 19.1 Å². The lowest BCUT2D eigenvalue weighted by atomic mass is 10.2. The van der Waals surface area contributed by atoms with Crippen LogP contribution in [0.4, 0.5) is 0 Å². The van der Waals surface area contributed by atoms with Gasteiger partial charge in [-0.25, -0.2) is 4.79 Å². The topological polar surface area (TPSA) is 86.7 Å². The second-order valence-corrected chi connectivity index (χ2v) is 5.23. The summed E-state index contributed by atoms with van der Waals surface area (Å²) in [5.41, 5.74) is 0. The molecule has 2 amide bonds. The lowest BCUT2D eigenvalue weighted by molar-refractivity contribution is -0.139. The van der Waals surface area contributed by atoms with Crippen LogP contribution < -0.4 is 5.32 Å². The van der Waals surface area contributed by atoms with Gasteiger partial charge in [0, 0.05) is 11.4 Å². The van der Waals surface area contributed by atoms with Crippen LogP contribution in [0, 0.1) is 0 Å². The number of piperazine rings is 1. The predicted molar refractivity (Wildman–Crippen MR) is 64.3 cm³/mol. The van der Waals surface area contributed by atoms with Gasteiger partial charge in [-0.1, -0.05) is 0 Å². The summed E-state index contributed by atoms with van der Waals surface area (Å²) in [4.78, 5) is 36.3. The van der Waals surface area contributed by atoms with Gasteiger partial charge in [-0.2, -0.15) is 0 Å². The van der Waals surface area contributed by atoms with E-state index in [0.717, 1.165) is 16.2 Å². The highest BCUT2D eigenvalue weighted by atomic mass is 32.1. The van der Waals surface area contributed by atoms with Crippen LogP contribution in [-0.2, 0) is 16.1 Å². The zero-order valence-corrected chi connectivity index (χ0v) is 10.5. The molecule has 0 aliphatic carbocycles. The first-order valence-corrected chi connectivity index (χ1v) is 6.19. The van der Waals surface area contributed by atoms with E-state index in [2.05, 4.69) is 5.32 Å². The number of carboxylic acid groups (broad SMARTS) is 1. The molecule has 1 aromatic heterocycles. The molecule has 1 saturated heterocycles. The highest BCUT2D eigenvalue weighted by Crippen LogP contribution is 2.20. The highest BCUT2D eigenvalue weighted by Gasteiger charge is 2.30. The Labute approximate surface area is 107 Å². The molecule has 0 spiro atoms. The molecule has 0 aromatic carbocycles. The number of aromatic carboxylic acids is 1. The minimum Gasteiger partial charge on any atom is -0.477 e. The van der Waals surface area contributed by atoms with E-state index in [0.29, 0.717) is 6.54 Å². The summed E-state index contributed by atoms with van der Waals surface area (Å²) in [6, 6.07) is 2.84. The Bertz CT molecular complexity index is 511. The molecule has 0 bridgehead atoms. The minimum atomic E-state index is -0.966. The highest BCUT2D eigenvalue weighted by molar-refractivity contribution is 7.13. The fraction of sp³-hybridized carbons (Fsp3) is 0.364. The van der Waals surface area contributed by atoms with Gasteiger partial charge >= 0.3 is 5.97 Å². The maximum atomic E-state index is 11.5. The predicted octanol–water partition coefficient (Wildman–Crippen LogP) is 0.293. The Morgan fingerprint density at radius 2 is 2.28 bits per heavy atom. The number of nitrogens with zero attached hydrogens (tertiary/aromatic N) is 1. The van der Waals surface area contributed by atoms with Crippen LogP contribution in [0.3, 0.4) is 0 Å². The van der Waals surface area contributed by atoms with Crippen molar-refractivity contribution in [3.05, 3.63) is 21.9 Å². The summed E-state index contributed by atoms with van der Waals surface area (Å²) < 4.78 is 0. The van der Waals surface area contributed by atoms with E-state index in [-0.39, 0.29) is 23.2 Å². The summed E-state index contributed by atoms with van der Waals surface area (Å²) in [5.74, 6) is -1.61. The van der Waals surface area contributed by atoms with Gasteiger partial charge in [0.25, 0.3) is 0 Å². The van der Waals surface area contributed by atoms with Crippen molar-refractivity contribution >= 4 is 29.1 Å². The second kappa shape index (κ2) is 4.87. The number of rotatable bonds is 3. The molecular formula is C11H12N2O4S. The first-order chi connectivity index (χ1) is 8.47. The molecule has 2 rings (SSSR count). The van der Waals surface area contributed by atoms with Crippen molar-refractivity contribution in [3.8, 4) is 0 Å². The molecule has 18 heavy (non-hydrogen) atoms. The minimum absolute atomic E-state index is 0.146. The van der Waals surface area contributed by atoms with Gasteiger partial charge < -0.3 is 5.11 Å². The first-order valence-electron chi connectivity index (χ1n) is 5.37. The number of carbonyl (C=O) groups excluding carboxylic acids is 2. The van der Waals surface area contributed by atoms with E-state index < -0.39 is 12.0 Å². The molecule has 1 aliphatic rings. The van der Waals surface area contributed by atoms with Crippen molar-refractivity contribution in [2.75, 3.05) is 6.54 Å². The van der Waals surface area contributed by atoms with E-state index in [1.807, 2.05) is 0 Å². The van der Waals surface area contributed by atoms with Crippen LogP contribution in [0.15, 0.2) is 12.1 Å². The number of thiophene rings is 1. The number of imide groups is 1. The third-order valence-corrected chi connectivity index (χ3v) is 3.83. The number of carboxylic acids is 1. The SMILES string of the molecule is CC1C(=O)NC(=O)CN1Cc1ccc(C(=O)O)s1. The summed E-state index contributed by atoms with van der Waals surface area (Å²) >= 11 is 1.15. The van der Waals surface area contributed by atoms with Crippen LogP contribution >= 0.6 is 11.3 Å². The van der Waals surface area contributed by atoms with E-state index in [9.17, 15) is 14.4 Å². The van der Waals surface area contributed by atoms with Crippen molar-refractivity contribution in [1.82, 2.24) is 10.2 Å². The van der Waals surface area contributed by atoms with Crippen molar-refractivity contribution in [2.45, 2.75) is 19.5 Å². The van der Waals surface area contributed by atoms with Crippen LogP contribution in [-0.4, -0.2) is 40.4 Å². The average Bonchev–Trinajstić information content (AvgIpc) is 2.74. The molecular weight excluding hydrogens is 256 g/mol. The normalized spacial score (nSPS) is 20.8. The number of carbonyl (C=O) groups is 3. The van der Waals surface area contributed by atoms with Crippen molar-refractivity contribution in [2.24, 2.45) is 0 Å². The third-order valence-electron chi connectivity index (χ3n) is 2.77. The molecule has 0 saturated carbocycles. The number of hydrogen-bond acceptors (Lipinski definition) is 5. The lowest BCUT2D eigenvalue weighted by Gasteiger charge is -2.30. The maximum Gasteiger partial charge on any atom is 0.345 e. The van der Waals surface area contributed by atoms with Crippen LogP contribution in [0.5, 0.6) is 0 Å². The molecule has 6 nitrogen and oxygen atoms in total. The summed E-state index contributed by atoms with van der Waals surface area (Å²) in [6.45, 7) is 2.26. The van der Waals surface area contributed by atoms with Gasteiger partial charge in [0.05, 0.1) is 12.6 Å². The number of nitrogens with one attached hydrogen (secondary N) is 1. The monoisotopic (exact) mass is 268 g/mol. The zero-order valence-electron chi connectivity index (χ0n) is 9.67. The molecule has 1 aliphatic heterocycles. The fourth-order valence-corrected chi connectivity index (χ4v) is 2.61. The second-order valence-electron chi connectivity index (χ2n) is 4.06. The average molecular weight is 268 g/mol. The smallest absolute Gasteiger partial charge is 0.345 e. The molecule has 2 heterocycles. The van der Waals surface area contributed by atoms with Crippen LogP contribution in [0.1, 0.15) is 21.5 Å². The largest absolute Gasteiger partial charge is 0.477 e. The van der Waals surface area contributed by atoms with Crippen molar-refractivity contribution in [1.29, 1.82) is 0 Å². The van der Waals surface area contributed by atoms with E-state index >= 15 is 0 Å². The van der Waals surface area contributed by atoms with E-state index in [4.69, 9.17) is 5.11 Å². The van der Waals surface area contributed by atoms with E-state index in [1.54, 1.807) is 17.9 Å². The first kappa shape index (κ1) is 12.7. The summed E-state index contributed by atoms with van der Waals surface area (Å²) in [7, 11) is 0. The Balaban J connectivity index is 2.09. The van der Waals surface area contributed by atoms with Gasteiger partial charge in [0.15, 0.2) is 0 Å². The van der Waals surface area contributed by atoms with Gasteiger partial charge in [0.2, 0.25) is 11.8 Å². The van der Waals surface area contributed by atoms with Gasteiger partial charge in [-0.15, -0.1) is 11.3 Å². The zero-order chi connectivity index (χ0) is 13.3. The molecule has 2 N–H and O–H groups in total. The van der Waals surface area contributed by atoms with E-state index in [1.165, 1.54) is 6.07 Å². The Kier molecular flexibility index (Phi) is 3.44. The molecule has 1 fully saturated rings. The molecule has 1 unspecified atom stereocenters. The summed E-state index contributed by atoms with van der Waals surface area (Å²) in [6.07, 6.45) is 0. The van der Waals surface area contributed by atoms with Crippen molar-refractivity contribution in [3.63, 3.8) is 0 Å².